The number of benzene rings is 1. The number of nitrogens with one attached hydrogen (secondary N) is 1. The number of H-pyrrole nitrogens is 1. The van der Waals surface area contributed by atoms with Gasteiger partial charge in [0.05, 0.1) is 5.56 Å². The van der Waals surface area contributed by atoms with Crippen molar-refractivity contribution in [2.45, 2.75) is 18.9 Å². The Morgan fingerprint density at radius 2 is 2.05 bits per heavy atom. The summed E-state index contributed by atoms with van der Waals surface area (Å²) in [5, 5.41) is 9.81. The van der Waals surface area contributed by atoms with Gasteiger partial charge in [0.2, 0.25) is 5.56 Å². The van der Waals surface area contributed by atoms with Crippen LogP contribution in [0.1, 0.15) is 23.2 Å². The summed E-state index contributed by atoms with van der Waals surface area (Å²) in [7, 11) is 0. The second-order valence-corrected chi connectivity index (χ2v) is 5.09. The molecular weight excluding hydrogens is 272 g/mol. The second kappa shape index (κ2) is 5.05. The Morgan fingerprint density at radius 3 is 2.81 bits per heavy atom. The zero-order valence-electron chi connectivity index (χ0n) is 11.2. The van der Waals surface area contributed by atoms with Gasteiger partial charge >= 0.3 is 5.97 Å². The monoisotopic (exact) mass is 286 g/mol. The Balaban J connectivity index is 2.10. The number of amides is 1. The van der Waals surface area contributed by atoms with Crippen LogP contribution in [0.25, 0.3) is 10.9 Å². The van der Waals surface area contributed by atoms with Crippen molar-refractivity contribution in [2.75, 3.05) is 6.54 Å². The number of aromatic nitrogens is 1. The van der Waals surface area contributed by atoms with Gasteiger partial charge in [-0.2, -0.15) is 0 Å². The van der Waals surface area contributed by atoms with Crippen LogP contribution >= 0.6 is 0 Å². The van der Waals surface area contributed by atoms with Crippen molar-refractivity contribution in [3.63, 3.8) is 0 Å². The minimum absolute atomic E-state index is 0.252. The molecule has 2 N–H and O–H groups in total. The molecule has 21 heavy (non-hydrogen) atoms. The van der Waals surface area contributed by atoms with Gasteiger partial charge in [0.1, 0.15) is 6.04 Å². The van der Waals surface area contributed by atoms with E-state index in [-0.39, 0.29) is 11.1 Å². The third-order valence-corrected chi connectivity index (χ3v) is 3.78. The minimum Gasteiger partial charge on any atom is -0.480 e. The van der Waals surface area contributed by atoms with Gasteiger partial charge in [-0.05, 0) is 18.9 Å². The first-order valence-electron chi connectivity index (χ1n) is 6.74. The van der Waals surface area contributed by atoms with Gasteiger partial charge in [0.25, 0.3) is 5.91 Å². The third-order valence-electron chi connectivity index (χ3n) is 3.78. The molecule has 6 heteroatoms. The Hall–Kier alpha value is -2.63. The molecule has 1 fully saturated rings. The minimum atomic E-state index is -1.00. The van der Waals surface area contributed by atoms with Crippen LogP contribution in [0.5, 0.6) is 0 Å². The molecule has 3 rings (SSSR count). The smallest absolute Gasteiger partial charge is 0.326 e. The van der Waals surface area contributed by atoms with Gasteiger partial charge in [0, 0.05) is 23.5 Å². The number of likely N-dealkylation sites (tertiary alicyclic amines) is 1. The zero-order valence-corrected chi connectivity index (χ0v) is 11.2. The van der Waals surface area contributed by atoms with Crippen molar-refractivity contribution >= 4 is 22.8 Å². The zero-order chi connectivity index (χ0) is 15.0. The number of para-hydroxylation sites is 1. The number of carboxylic acids is 1. The summed E-state index contributed by atoms with van der Waals surface area (Å²) in [4.78, 5) is 39.6. The Labute approximate surface area is 120 Å². The van der Waals surface area contributed by atoms with E-state index in [1.54, 1.807) is 24.3 Å². The number of aliphatic carboxylic acids is 1. The number of aromatic amines is 1. The Bertz CT molecular complexity index is 781. The van der Waals surface area contributed by atoms with Gasteiger partial charge in [-0.1, -0.05) is 18.2 Å². The Morgan fingerprint density at radius 1 is 1.29 bits per heavy atom. The van der Waals surface area contributed by atoms with E-state index in [0.717, 1.165) is 0 Å². The van der Waals surface area contributed by atoms with Crippen molar-refractivity contribution in [1.82, 2.24) is 9.88 Å². The highest BCUT2D eigenvalue weighted by Gasteiger charge is 2.35. The fourth-order valence-electron chi connectivity index (χ4n) is 2.80. The first kappa shape index (κ1) is 13.4. The maximum absolute atomic E-state index is 12.6. The Kier molecular flexibility index (Phi) is 3.21. The molecule has 1 aromatic heterocycles. The van der Waals surface area contributed by atoms with E-state index in [2.05, 4.69) is 4.98 Å². The average molecular weight is 286 g/mol. The van der Waals surface area contributed by atoms with Gasteiger partial charge < -0.3 is 15.0 Å². The fraction of sp³-hybridized carbons (Fsp3) is 0.267. The summed E-state index contributed by atoms with van der Waals surface area (Å²) in [6.07, 6.45) is 1.10. The highest BCUT2D eigenvalue weighted by atomic mass is 16.4. The van der Waals surface area contributed by atoms with Crippen LogP contribution in [0.15, 0.2) is 35.1 Å². The average Bonchev–Trinajstić information content (AvgIpc) is 2.95. The molecule has 0 saturated carbocycles. The molecule has 0 unspecified atom stereocenters. The van der Waals surface area contributed by atoms with E-state index in [1.807, 2.05) is 0 Å². The van der Waals surface area contributed by atoms with Crippen molar-refractivity contribution in [2.24, 2.45) is 0 Å². The number of hydrogen-bond donors (Lipinski definition) is 2. The van der Waals surface area contributed by atoms with E-state index in [4.69, 9.17) is 0 Å². The molecule has 1 atom stereocenters. The lowest BCUT2D eigenvalue weighted by atomic mass is 10.1. The number of nitrogens with zero attached hydrogens (tertiary/aromatic N) is 1. The van der Waals surface area contributed by atoms with Crippen molar-refractivity contribution in [3.8, 4) is 0 Å². The number of carbonyl (C=O) groups is 2. The normalized spacial score (nSPS) is 18.1. The molecule has 1 aliphatic heterocycles. The van der Waals surface area contributed by atoms with Crippen LogP contribution in [0.2, 0.25) is 0 Å². The van der Waals surface area contributed by atoms with Crippen LogP contribution in [-0.2, 0) is 4.79 Å². The highest BCUT2D eigenvalue weighted by molar-refractivity contribution is 6.07. The predicted octanol–water partition coefficient (Wildman–Crippen LogP) is 1.22. The summed E-state index contributed by atoms with van der Waals surface area (Å²) in [5.41, 5.74) is 0.449. The molecule has 1 aromatic carbocycles. The summed E-state index contributed by atoms with van der Waals surface area (Å²) in [6.45, 7) is 0.400. The number of rotatable bonds is 2. The number of carboxylic acid groups (broad SMARTS) is 1. The lowest BCUT2D eigenvalue weighted by Crippen LogP contribution is -2.40. The van der Waals surface area contributed by atoms with E-state index in [0.29, 0.717) is 30.3 Å². The van der Waals surface area contributed by atoms with Crippen molar-refractivity contribution in [1.29, 1.82) is 0 Å². The summed E-state index contributed by atoms with van der Waals surface area (Å²) >= 11 is 0. The lowest BCUT2D eigenvalue weighted by Gasteiger charge is -2.22. The van der Waals surface area contributed by atoms with Crippen molar-refractivity contribution < 1.29 is 14.7 Å². The highest BCUT2D eigenvalue weighted by Crippen LogP contribution is 2.23. The van der Waals surface area contributed by atoms with Crippen LogP contribution in [0.4, 0.5) is 0 Å². The standard InChI is InChI=1S/C15H14N2O4/c18-13-8-10(9-4-1-2-5-11(9)16-13)14(19)17-7-3-6-12(17)15(20)21/h1-2,4-5,8,12H,3,6-7H2,(H,16,18)(H,20,21)/t12-/m0/s1. The topological polar surface area (TPSA) is 90.5 Å². The van der Waals surface area contributed by atoms with Gasteiger partial charge in [-0.15, -0.1) is 0 Å². The van der Waals surface area contributed by atoms with Crippen molar-refractivity contribution in [3.05, 3.63) is 46.2 Å². The largest absolute Gasteiger partial charge is 0.480 e. The molecule has 1 saturated heterocycles. The van der Waals surface area contributed by atoms with E-state index in [1.165, 1.54) is 11.0 Å². The molecule has 108 valence electrons. The molecule has 0 aliphatic carbocycles. The van der Waals surface area contributed by atoms with Gasteiger partial charge in [-0.25, -0.2) is 4.79 Å². The van der Waals surface area contributed by atoms with Gasteiger partial charge in [-0.3, -0.25) is 9.59 Å². The summed E-state index contributed by atoms with van der Waals surface area (Å²) in [6, 6.07) is 7.42. The van der Waals surface area contributed by atoms with Crippen LogP contribution in [0.3, 0.4) is 0 Å². The molecule has 2 heterocycles. The fourth-order valence-corrected chi connectivity index (χ4v) is 2.80. The molecule has 0 radical (unpaired) electrons. The predicted molar refractivity (Wildman–Crippen MR) is 76.3 cm³/mol. The molecular formula is C15H14N2O4. The molecule has 1 aliphatic rings. The van der Waals surface area contributed by atoms with E-state index < -0.39 is 17.9 Å². The molecule has 6 nitrogen and oxygen atoms in total. The number of hydrogen-bond acceptors (Lipinski definition) is 3. The van der Waals surface area contributed by atoms with Crippen LogP contribution < -0.4 is 5.56 Å². The molecule has 2 aromatic rings. The quantitative estimate of drug-likeness (QED) is 0.868. The number of fused-ring (bicyclic) bond motifs is 1. The lowest BCUT2D eigenvalue weighted by molar-refractivity contribution is -0.141. The second-order valence-electron chi connectivity index (χ2n) is 5.09. The van der Waals surface area contributed by atoms with E-state index in [9.17, 15) is 19.5 Å². The number of carbonyl (C=O) groups excluding carboxylic acids is 1. The van der Waals surface area contributed by atoms with E-state index >= 15 is 0 Å². The third kappa shape index (κ3) is 2.29. The van der Waals surface area contributed by atoms with Crippen LogP contribution in [0, 0.1) is 0 Å². The SMILES string of the molecule is O=C(O)[C@@H]1CCCN1C(=O)c1cc(=O)[nH]c2ccccc12. The molecule has 0 spiro atoms. The van der Waals surface area contributed by atoms with Gasteiger partial charge in [0.15, 0.2) is 0 Å². The molecule has 1 amide bonds. The van der Waals surface area contributed by atoms with Crippen LogP contribution in [-0.4, -0.2) is 39.5 Å². The maximum Gasteiger partial charge on any atom is 0.326 e. The maximum atomic E-state index is 12.6. The summed E-state index contributed by atoms with van der Waals surface area (Å²) < 4.78 is 0. The first-order valence-corrected chi connectivity index (χ1v) is 6.74. The molecule has 0 bridgehead atoms. The summed E-state index contributed by atoms with van der Waals surface area (Å²) in [5.74, 6) is -1.41. The number of pyridine rings is 1. The first-order chi connectivity index (χ1) is 10.1.